The highest BCUT2D eigenvalue weighted by molar-refractivity contribution is 5.97. The van der Waals surface area contributed by atoms with Gasteiger partial charge in [0, 0.05) is 71.4 Å². The zero-order valence-corrected chi connectivity index (χ0v) is 25.0. The lowest BCUT2D eigenvalue weighted by molar-refractivity contribution is 0.0245. The molecule has 0 amide bonds. The Balaban J connectivity index is 1.69. The predicted molar refractivity (Wildman–Crippen MR) is 166 cm³/mol. The van der Waals surface area contributed by atoms with E-state index < -0.39 is 11.6 Å². The maximum absolute atomic E-state index is 13.5. The molecule has 216 valence electrons. The second kappa shape index (κ2) is 12.8. The number of hydrogen-bond acceptors (Lipinski definition) is 5. The third kappa shape index (κ3) is 5.32. The fourth-order valence-electron chi connectivity index (χ4n) is 6.28. The number of cyclic esters (lactones) is 1. The van der Waals surface area contributed by atoms with Gasteiger partial charge in [0.15, 0.2) is 11.3 Å². The van der Waals surface area contributed by atoms with E-state index in [0.717, 1.165) is 59.3 Å². The van der Waals surface area contributed by atoms with E-state index in [1.165, 1.54) is 32.1 Å². The van der Waals surface area contributed by atoms with Crippen LogP contribution in [-0.4, -0.2) is 35.2 Å². The van der Waals surface area contributed by atoms with Crippen molar-refractivity contribution >= 4 is 22.6 Å². The van der Waals surface area contributed by atoms with Crippen molar-refractivity contribution in [3.8, 4) is 5.75 Å². The molecule has 6 heteroatoms. The van der Waals surface area contributed by atoms with E-state index in [2.05, 4.69) is 83.9 Å². The highest BCUT2D eigenvalue weighted by Crippen LogP contribution is 2.52. The van der Waals surface area contributed by atoms with Crippen LogP contribution < -0.4 is 9.64 Å². The maximum atomic E-state index is 13.5. The van der Waals surface area contributed by atoms with Crippen molar-refractivity contribution in [2.45, 2.75) is 78.4 Å². The summed E-state index contributed by atoms with van der Waals surface area (Å²) >= 11 is 0. The van der Waals surface area contributed by atoms with Crippen molar-refractivity contribution in [1.82, 2.24) is 9.55 Å². The first-order valence-electron chi connectivity index (χ1n) is 15.4. The van der Waals surface area contributed by atoms with Crippen LogP contribution >= 0.6 is 0 Å². The normalized spacial score (nSPS) is 16.1. The summed E-state index contributed by atoms with van der Waals surface area (Å²) in [6.07, 6.45) is 11.3. The molecule has 0 radical (unpaired) electrons. The zero-order chi connectivity index (χ0) is 28.8. The van der Waals surface area contributed by atoms with E-state index in [1.807, 2.05) is 19.1 Å². The molecular formula is C35H43N3O3. The molecule has 4 aromatic rings. The van der Waals surface area contributed by atoms with Gasteiger partial charge in [0.1, 0.15) is 5.75 Å². The Morgan fingerprint density at radius 2 is 1.66 bits per heavy atom. The number of anilines is 1. The number of ether oxygens (including phenoxy) is 2. The number of aryl methyl sites for hydroxylation is 1. The van der Waals surface area contributed by atoms with Crippen molar-refractivity contribution in [3.63, 3.8) is 0 Å². The highest BCUT2D eigenvalue weighted by atomic mass is 16.6. The molecule has 2 aromatic carbocycles. The van der Waals surface area contributed by atoms with Crippen LogP contribution in [0.1, 0.15) is 93.4 Å². The van der Waals surface area contributed by atoms with Crippen LogP contribution in [0, 0.1) is 0 Å². The number of rotatable bonds is 14. The van der Waals surface area contributed by atoms with Gasteiger partial charge >= 0.3 is 5.97 Å². The molecule has 1 aliphatic heterocycles. The molecule has 2 aromatic heterocycles. The number of carbonyl (C=O) groups excluding carboxylic acids is 1. The number of para-hydroxylation sites is 1. The van der Waals surface area contributed by atoms with Gasteiger partial charge in [-0.1, -0.05) is 63.3 Å². The minimum absolute atomic E-state index is 0.357. The van der Waals surface area contributed by atoms with Crippen molar-refractivity contribution in [2.24, 2.45) is 0 Å². The first kappa shape index (κ1) is 28.7. The number of esters is 1. The van der Waals surface area contributed by atoms with Gasteiger partial charge < -0.3 is 18.9 Å². The summed E-state index contributed by atoms with van der Waals surface area (Å²) in [6.45, 7) is 11.7. The molecule has 1 aliphatic rings. The smallest absolute Gasteiger partial charge is 0.358 e. The standard InChI is InChI=1S/C35H43N3O3/c1-5-9-10-11-12-15-23-38-25-30(27-17-13-14-19-31(27)38)35(29-18-16-22-36-33(29)34(39)41-35)28-21-20-26(37(6-2)7-3)24-32(28)40-8-4/h13-14,16-22,24-25H,5-12,15,23H2,1-4H3. The summed E-state index contributed by atoms with van der Waals surface area (Å²) in [6, 6.07) is 18.6. The minimum Gasteiger partial charge on any atom is -0.493 e. The largest absolute Gasteiger partial charge is 0.493 e. The predicted octanol–water partition coefficient (Wildman–Crippen LogP) is 8.10. The molecule has 1 atom stereocenters. The van der Waals surface area contributed by atoms with E-state index in [-0.39, 0.29) is 0 Å². The molecule has 0 fully saturated rings. The number of benzene rings is 2. The Labute approximate surface area is 244 Å². The quantitative estimate of drug-likeness (QED) is 0.117. The molecule has 0 spiro atoms. The van der Waals surface area contributed by atoms with Crippen molar-refractivity contribution in [1.29, 1.82) is 0 Å². The molecule has 0 saturated carbocycles. The van der Waals surface area contributed by atoms with E-state index in [0.29, 0.717) is 18.1 Å². The summed E-state index contributed by atoms with van der Waals surface area (Å²) in [4.78, 5) is 20.2. The molecule has 0 N–H and O–H groups in total. The molecular weight excluding hydrogens is 510 g/mol. The summed E-state index contributed by atoms with van der Waals surface area (Å²) in [5.74, 6) is 0.304. The van der Waals surface area contributed by atoms with Crippen LogP contribution in [-0.2, 0) is 16.9 Å². The first-order chi connectivity index (χ1) is 20.1. The Bertz CT molecular complexity index is 1490. The van der Waals surface area contributed by atoms with Gasteiger partial charge in [-0.25, -0.2) is 9.78 Å². The summed E-state index contributed by atoms with van der Waals surface area (Å²) in [5, 5.41) is 1.07. The third-order valence-corrected chi connectivity index (χ3v) is 8.32. The third-order valence-electron chi connectivity index (χ3n) is 8.32. The van der Waals surface area contributed by atoms with Crippen LogP contribution in [0.2, 0.25) is 0 Å². The first-order valence-corrected chi connectivity index (χ1v) is 15.4. The van der Waals surface area contributed by atoms with Gasteiger partial charge in [0.2, 0.25) is 0 Å². The number of nitrogens with zero attached hydrogens (tertiary/aromatic N) is 3. The molecule has 41 heavy (non-hydrogen) atoms. The molecule has 3 heterocycles. The second-order valence-corrected chi connectivity index (χ2v) is 10.8. The van der Waals surface area contributed by atoms with Crippen molar-refractivity contribution < 1.29 is 14.3 Å². The average molecular weight is 554 g/mol. The number of pyridine rings is 1. The van der Waals surface area contributed by atoms with Gasteiger partial charge in [0.25, 0.3) is 0 Å². The second-order valence-electron chi connectivity index (χ2n) is 10.8. The van der Waals surface area contributed by atoms with Gasteiger partial charge in [-0.15, -0.1) is 0 Å². The average Bonchev–Trinajstić information content (AvgIpc) is 3.52. The SMILES string of the molecule is CCCCCCCCn1cc(C2(c3ccc(N(CC)CC)cc3OCC)OC(=O)c3ncccc32)c2ccccc21. The Kier molecular flexibility index (Phi) is 8.96. The fourth-order valence-corrected chi connectivity index (χ4v) is 6.28. The Hall–Kier alpha value is -3.80. The lowest BCUT2D eigenvalue weighted by atomic mass is 9.80. The monoisotopic (exact) mass is 553 g/mol. The number of hydrogen-bond donors (Lipinski definition) is 0. The molecule has 5 rings (SSSR count). The summed E-state index contributed by atoms with van der Waals surface area (Å²) in [7, 11) is 0. The van der Waals surface area contributed by atoms with Crippen LogP contribution in [0.4, 0.5) is 5.69 Å². The number of unbranched alkanes of at least 4 members (excludes halogenated alkanes) is 5. The topological polar surface area (TPSA) is 56.6 Å². The van der Waals surface area contributed by atoms with Crippen LogP contribution in [0.5, 0.6) is 5.75 Å². The molecule has 0 bridgehead atoms. The fraction of sp³-hybridized carbons (Fsp3) is 0.429. The van der Waals surface area contributed by atoms with Crippen LogP contribution in [0.25, 0.3) is 10.9 Å². The van der Waals surface area contributed by atoms with Crippen LogP contribution in [0.15, 0.2) is 67.0 Å². The zero-order valence-electron chi connectivity index (χ0n) is 25.0. The molecule has 0 aliphatic carbocycles. The minimum atomic E-state index is -1.18. The number of fused-ring (bicyclic) bond motifs is 2. The van der Waals surface area contributed by atoms with Gasteiger partial charge in [-0.05, 0) is 51.5 Å². The maximum Gasteiger partial charge on any atom is 0.358 e. The van der Waals surface area contributed by atoms with Gasteiger partial charge in [0.05, 0.1) is 6.61 Å². The van der Waals surface area contributed by atoms with Gasteiger partial charge in [-0.2, -0.15) is 0 Å². The van der Waals surface area contributed by atoms with E-state index in [4.69, 9.17) is 9.47 Å². The Morgan fingerprint density at radius 1 is 0.878 bits per heavy atom. The van der Waals surface area contributed by atoms with E-state index >= 15 is 0 Å². The summed E-state index contributed by atoms with van der Waals surface area (Å²) < 4.78 is 15.2. The lowest BCUT2D eigenvalue weighted by Crippen LogP contribution is -2.30. The molecule has 1 unspecified atom stereocenters. The van der Waals surface area contributed by atoms with Gasteiger partial charge in [-0.3, -0.25) is 0 Å². The molecule has 6 nitrogen and oxygen atoms in total. The van der Waals surface area contributed by atoms with Crippen molar-refractivity contribution in [3.05, 3.63) is 89.4 Å². The molecule has 0 saturated heterocycles. The number of aromatic nitrogens is 2. The van der Waals surface area contributed by atoms with Crippen LogP contribution in [0.3, 0.4) is 0 Å². The van der Waals surface area contributed by atoms with E-state index in [1.54, 1.807) is 6.20 Å². The highest BCUT2D eigenvalue weighted by Gasteiger charge is 2.52. The van der Waals surface area contributed by atoms with E-state index in [9.17, 15) is 4.79 Å². The Morgan fingerprint density at radius 3 is 2.44 bits per heavy atom. The van der Waals surface area contributed by atoms with Crippen molar-refractivity contribution in [2.75, 3.05) is 24.6 Å². The number of carbonyl (C=O) groups is 1. The summed E-state index contributed by atoms with van der Waals surface area (Å²) in [5.41, 5.74) is 3.91. The lowest BCUT2D eigenvalue weighted by Gasteiger charge is -2.32.